The smallest absolute Gasteiger partial charge is 0.417 e. The molecule has 0 saturated carbocycles. The molecule has 0 radical (unpaired) electrons. The predicted molar refractivity (Wildman–Crippen MR) is 52.9 cm³/mol. The largest absolute Gasteiger partial charge is 0.461 e. The Balaban J connectivity index is 3.13. The molecule has 0 amide bonds. The fraction of sp³-hybridized carbons (Fsp3) is 0.333. The molecule has 1 heterocycles. The summed E-state index contributed by atoms with van der Waals surface area (Å²) in [5.41, 5.74) is -1.32. The second-order valence-electron chi connectivity index (χ2n) is 2.77. The first-order chi connectivity index (χ1) is 7.36. The molecule has 0 fully saturated rings. The lowest BCUT2D eigenvalue weighted by atomic mass is 10.2. The van der Waals surface area contributed by atoms with Crippen molar-refractivity contribution in [2.75, 3.05) is 6.61 Å². The molecule has 0 atom stereocenters. The fourth-order valence-corrected chi connectivity index (χ4v) is 1.41. The Morgan fingerprint density at radius 2 is 2.19 bits per heavy atom. The van der Waals surface area contributed by atoms with Gasteiger partial charge in [-0.1, -0.05) is 0 Å². The summed E-state index contributed by atoms with van der Waals surface area (Å²) in [4.78, 5) is 14.7. The van der Waals surface area contributed by atoms with Crippen molar-refractivity contribution in [1.82, 2.24) is 4.98 Å². The zero-order valence-corrected chi connectivity index (χ0v) is 9.72. The van der Waals surface area contributed by atoms with E-state index in [1.807, 2.05) is 0 Å². The average Bonchev–Trinajstić information content (AvgIpc) is 2.16. The SMILES string of the molecule is CCOC(=O)c1cc(C(F)(F)F)c(Br)cn1. The standard InChI is InChI=1S/C9H7BrF3NO2/c1-2-16-8(15)7-3-5(9(11,12)13)6(10)4-14-7/h3-4H,2H2,1H3. The Bertz CT molecular complexity index is 406. The van der Waals surface area contributed by atoms with Gasteiger partial charge in [-0.3, -0.25) is 0 Å². The summed E-state index contributed by atoms with van der Waals surface area (Å²) in [6.45, 7) is 1.64. The van der Waals surface area contributed by atoms with E-state index in [1.54, 1.807) is 6.92 Å². The molecule has 0 aliphatic carbocycles. The van der Waals surface area contributed by atoms with Crippen molar-refractivity contribution in [3.8, 4) is 0 Å². The van der Waals surface area contributed by atoms with E-state index >= 15 is 0 Å². The van der Waals surface area contributed by atoms with Crippen LogP contribution in [0.25, 0.3) is 0 Å². The van der Waals surface area contributed by atoms with Gasteiger partial charge in [0, 0.05) is 10.7 Å². The van der Waals surface area contributed by atoms with Gasteiger partial charge in [0.15, 0.2) is 0 Å². The van der Waals surface area contributed by atoms with Gasteiger partial charge in [-0.25, -0.2) is 9.78 Å². The molecule has 0 spiro atoms. The topological polar surface area (TPSA) is 39.2 Å². The van der Waals surface area contributed by atoms with Crippen molar-refractivity contribution in [3.05, 3.63) is 28.0 Å². The monoisotopic (exact) mass is 297 g/mol. The van der Waals surface area contributed by atoms with Crippen LogP contribution < -0.4 is 0 Å². The zero-order chi connectivity index (χ0) is 12.3. The fourth-order valence-electron chi connectivity index (χ4n) is 0.973. The minimum Gasteiger partial charge on any atom is -0.461 e. The second kappa shape index (κ2) is 4.82. The number of esters is 1. The molecule has 3 nitrogen and oxygen atoms in total. The molecular formula is C9H7BrF3NO2. The van der Waals surface area contributed by atoms with Crippen molar-refractivity contribution in [2.45, 2.75) is 13.1 Å². The first-order valence-corrected chi connectivity index (χ1v) is 5.05. The van der Waals surface area contributed by atoms with Crippen LogP contribution in [0.3, 0.4) is 0 Å². The highest BCUT2D eigenvalue weighted by Gasteiger charge is 2.34. The Labute approximate surface area is 97.8 Å². The van der Waals surface area contributed by atoms with Crippen molar-refractivity contribution in [1.29, 1.82) is 0 Å². The maximum absolute atomic E-state index is 12.5. The number of carbonyl (C=O) groups excluding carboxylic acids is 1. The quantitative estimate of drug-likeness (QED) is 0.788. The number of alkyl halides is 3. The van der Waals surface area contributed by atoms with E-state index in [0.717, 1.165) is 6.20 Å². The molecule has 7 heteroatoms. The lowest BCUT2D eigenvalue weighted by Gasteiger charge is -2.09. The Hall–Kier alpha value is -1.11. The van der Waals surface area contributed by atoms with Gasteiger partial charge in [0.1, 0.15) is 5.69 Å². The van der Waals surface area contributed by atoms with E-state index in [4.69, 9.17) is 0 Å². The molecule has 0 aromatic carbocycles. The third kappa shape index (κ3) is 2.94. The van der Waals surface area contributed by atoms with Crippen molar-refractivity contribution in [2.24, 2.45) is 0 Å². The molecular weight excluding hydrogens is 291 g/mol. The van der Waals surface area contributed by atoms with E-state index in [0.29, 0.717) is 6.07 Å². The summed E-state index contributed by atoms with van der Waals surface area (Å²) in [6.07, 6.45) is -3.61. The number of rotatable bonds is 2. The lowest BCUT2D eigenvalue weighted by Crippen LogP contribution is -2.12. The van der Waals surface area contributed by atoms with Crippen molar-refractivity contribution < 1.29 is 22.7 Å². The molecule has 1 aromatic heterocycles. The van der Waals surface area contributed by atoms with Gasteiger partial charge in [-0.15, -0.1) is 0 Å². The van der Waals surface area contributed by atoms with Crippen LogP contribution in [-0.2, 0) is 10.9 Å². The molecule has 0 saturated heterocycles. The number of pyridine rings is 1. The summed E-state index contributed by atoms with van der Waals surface area (Å²) < 4.78 is 41.7. The van der Waals surface area contributed by atoms with Crippen molar-refractivity contribution in [3.63, 3.8) is 0 Å². The van der Waals surface area contributed by atoms with Crippen LogP contribution in [0, 0.1) is 0 Å². The number of carbonyl (C=O) groups is 1. The van der Waals surface area contributed by atoms with Crippen LogP contribution in [0.1, 0.15) is 23.0 Å². The van der Waals surface area contributed by atoms with Gasteiger partial charge in [-0.2, -0.15) is 13.2 Å². The molecule has 0 N–H and O–H groups in total. The van der Waals surface area contributed by atoms with E-state index in [2.05, 4.69) is 25.7 Å². The van der Waals surface area contributed by atoms with Crippen LogP contribution in [0.2, 0.25) is 0 Å². The summed E-state index contributed by atoms with van der Waals surface area (Å²) in [5, 5.41) is 0. The Kier molecular flexibility index (Phi) is 3.90. The lowest BCUT2D eigenvalue weighted by molar-refractivity contribution is -0.138. The zero-order valence-electron chi connectivity index (χ0n) is 8.14. The average molecular weight is 298 g/mol. The predicted octanol–water partition coefficient (Wildman–Crippen LogP) is 3.04. The van der Waals surface area contributed by atoms with E-state index in [9.17, 15) is 18.0 Å². The van der Waals surface area contributed by atoms with Gasteiger partial charge < -0.3 is 4.74 Å². The summed E-state index contributed by atoms with van der Waals surface area (Å²) in [5.74, 6) is -0.875. The molecule has 0 aliphatic rings. The van der Waals surface area contributed by atoms with Gasteiger partial charge in [0.05, 0.1) is 12.2 Å². The third-order valence-corrected chi connectivity index (χ3v) is 2.28. The second-order valence-corrected chi connectivity index (χ2v) is 3.62. The van der Waals surface area contributed by atoms with E-state index in [1.165, 1.54) is 0 Å². The number of hydrogen-bond donors (Lipinski definition) is 0. The van der Waals surface area contributed by atoms with Crippen LogP contribution in [-0.4, -0.2) is 17.6 Å². The number of ether oxygens (including phenoxy) is 1. The number of halogens is 4. The minimum absolute atomic E-state index is 0.0813. The highest BCUT2D eigenvalue weighted by Crippen LogP contribution is 2.34. The van der Waals surface area contributed by atoms with Crippen LogP contribution >= 0.6 is 15.9 Å². The Morgan fingerprint density at radius 1 is 1.56 bits per heavy atom. The third-order valence-electron chi connectivity index (χ3n) is 1.65. The van der Waals surface area contributed by atoms with Crippen molar-refractivity contribution >= 4 is 21.9 Å². The molecule has 1 aromatic rings. The maximum Gasteiger partial charge on any atom is 0.417 e. The van der Waals surface area contributed by atoms with E-state index < -0.39 is 17.7 Å². The molecule has 1 rings (SSSR count). The first kappa shape index (κ1) is 13.0. The highest BCUT2D eigenvalue weighted by atomic mass is 79.9. The first-order valence-electron chi connectivity index (χ1n) is 4.26. The van der Waals surface area contributed by atoms with E-state index in [-0.39, 0.29) is 16.8 Å². The van der Waals surface area contributed by atoms with Crippen LogP contribution in [0.15, 0.2) is 16.7 Å². The van der Waals surface area contributed by atoms with Gasteiger partial charge in [-0.05, 0) is 28.9 Å². The molecule has 88 valence electrons. The molecule has 0 unspecified atom stereocenters. The molecule has 0 bridgehead atoms. The molecule has 0 aliphatic heterocycles. The molecule has 16 heavy (non-hydrogen) atoms. The van der Waals surface area contributed by atoms with Gasteiger partial charge in [0.2, 0.25) is 0 Å². The number of hydrogen-bond acceptors (Lipinski definition) is 3. The van der Waals surface area contributed by atoms with Crippen LogP contribution in [0.4, 0.5) is 13.2 Å². The maximum atomic E-state index is 12.5. The number of aromatic nitrogens is 1. The number of nitrogens with zero attached hydrogens (tertiary/aromatic N) is 1. The Morgan fingerprint density at radius 3 is 2.69 bits per heavy atom. The van der Waals surface area contributed by atoms with Gasteiger partial charge in [0.25, 0.3) is 0 Å². The summed E-state index contributed by atoms with van der Waals surface area (Å²) in [6, 6.07) is 0.655. The summed E-state index contributed by atoms with van der Waals surface area (Å²) >= 11 is 2.72. The minimum atomic E-state index is -4.54. The van der Waals surface area contributed by atoms with Crippen LogP contribution in [0.5, 0.6) is 0 Å². The normalized spacial score (nSPS) is 11.3. The highest BCUT2D eigenvalue weighted by molar-refractivity contribution is 9.10. The van der Waals surface area contributed by atoms with Gasteiger partial charge >= 0.3 is 12.1 Å². The summed E-state index contributed by atoms with van der Waals surface area (Å²) in [7, 11) is 0.